The average molecular weight is 369 g/mol. The summed E-state index contributed by atoms with van der Waals surface area (Å²) in [7, 11) is 0. The molecule has 1 aromatic rings. The van der Waals surface area contributed by atoms with Crippen molar-refractivity contribution in [1.29, 1.82) is 0 Å². The van der Waals surface area contributed by atoms with E-state index in [9.17, 15) is 0 Å². The minimum atomic E-state index is 0.553. The zero-order valence-corrected chi connectivity index (χ0v) is 16.2. The third-order valence-electron chi connectivity index (χ3n) is 5.29. The van der Waals surface area contributed by atoms with Gasteiger partial charge in [-0.05, 0) is 61.3 Å². The molecule has 2 aliphatic rings. The number of allylic oxidation sites excluding steroid dienone is 2. The van der Waals surface area contributed by atoms with E-state index >= 15 is 0 Å². The molecular formula is C23H32N2O2. The number of rotatable bonds is 6. The summed E-state index contributed by atoms with van der Waals surface area (Å²) in [6.45, 7) is 3.12. The maximum atomic E-state index is 6.03. The van der Waals surface area contributed by atoms with Gasteiger partial charge in [-0.25, -0.2) is 0 Å². The van der Waals surface area contributed by atoms with E-state index in [1.165, 1.54) is 19.3 Å². The summed E-state index contributed by atoms with van der Waals surface area (Å²) >= 11 is 0. The maximum absolute atomic E-state index is 6.03. The second kappa shape index (κ2) is 11.1. The van der Waals surface area contributed by atoms with Gasteiger partial charge in [0.2, 0.25) is 0 Å². The molecule has 1 fully saturated rings. The quantitative estimate of drug-likeness (QED) is 0.789. The lowest BCUT2D eigenvalue weighted by Gasteiger charge is -2.20. The van der Waals surface area contributed by atoms with E-state index in [4.69, 9.17) is 20.2 Å². The maximum Gasteiger partial charge on any atom is 0.137 e. The van der Waals surface area contributed by atoms with E-state index in [0.29, 0.717) is 12.5 Å². The monoisotopic (exact) mass is 368 g/mol. The topological polar surface area (TPSA) is 56.8 Å². The molecule has 3 rings (SSSR count). The van der Waals surface area contributed by atoms with Crippen LogP contribution in [0.25, 0.3) is 0 Å². The van der Waals surface area contributed by atoms with Crippen LogP contribution in [-0.2, 0) is 16.0 Å². The van der Waals surface area contributed by atoms with Crippen molar-refractivity contribution >= 4 is 5.71 Å². The van der Waals surface area contributed by atoms with Crippen molar-refractivity contribution in [3.05, 3.63) is 59.5 Å². The zero-order chi connectivity index (χ0) is 18.7. The molecule has 0 spiro atoms. The molecule has 4 nitrogen and oxygen atoms in total. The first-order valence-electron chi connectivity index (χ1n) is 10.3. The van der Waals surface area contributed by atoms with E-state index in [-0.39, 0.29) is 0 Å². The van der Waals surface area contributed by atoms with Gasteiger partial charge in [0.05, 0.1) is 12.8 Å². The highest BCUT2D eigenvalue weighted by molar-refractivity contribution is 6.01. The highest BCUT2D eigenvalue weighted by Crippen LogP contribution is 2.21. The Morgan fingerprint density at radius 2 is 2.15 bits per heavy atom. The Hall–Kier alpha value is -1.91. The summed E-state index contributed by atoms with van der Waals surface area (Å²) in [5.74, 6) is 1.56. The molecule has 0 bridgehead atoms. The second-order valence-electron chi connectivity index (χ2n) is 7.35. The van der Waals surface area contributed by atoms with Crippen molar-refractivity contribution in [1.82, 2.24) is 0 Å². The van der Waals surface area contributed by atoms with E-state index in [1.54, 1.807) is 0 Å². The fourth-order valence-corrected chi connectivity index (χ4v) is 3.62. The summed E-state index contributed by atoms with van der Waals surface area (Å²) in [4.78, 5) is 4.72. The Morgan fingerprint density at radius 1 is 1.19 bits per heavy atom. The van der Waals surface area contributed by atoms with Crippen LogP contribution in [0.4, 0.5) is 0 Å². The van der Waals surface area contributed by atoms with Crippen LogP contribution in [0.2, 0.25) is 0 Å². The fraction of sp³-hybridized carbons (Fsp3) is 0.522. The smallest absolute Gasteiger partial charge is 0.137 e. The molecule has 1 aromatic carbocycles. The molecule has 1 atom stereocenters. The molecule has 0 aliphatic carbocycles. The Labute approximate surface area is 163 Å². The van der Waals surface area contributed by atoms with Crippen LogP contribution < -0.4 is 5.73 Å². The average Bonchev–Trinajstić information content (AvgIpc) is 2.65. The van der Waals surface area contributed by atoms with Crippen LogP contribution in [0.5, 0.6) is 0 Å². The molecule has 2 heterocycles. The van der Waals surface area contributed by atoms with Crippen molar-refractivity contribution in [2.75, 3.05) is 19.8 Å². The molecule has 0 radical (unpaired) electrons. The lowest BCUT2D eigenvalue weighted by Crippen LogP contribution is -2.12. The third-order valence-corrected chi connectivity index (χ3v) is 5.29. The standard InChI is InChI=1S/C23H32N2O2/c24-17-20-7-5-8-21(16-20)23-10-2-1-9-22(18-25-23)27-15-12-19-6-3-4-13-26-14-11-19/h1,5,7-9,16,18-19H,2-4,6,10-15,17,24H2/b9-1-,22-18+,25-23+. The van der Waals surface area contributed by atoms with Crippen LogP contribution in [0.15, 0.2) is 53.4 Å². The first-order valence-corrected chi connectivity index (χ1v) is 10.3. The molecule has 0 saturated carbocycles. The second-order valence-corrected chi connectivity index (χ2v) is 7.35. The van der Waals surface area contributed by atoms with Gasteiger partial charge in [0.25, 0.3) is 0 Å². The van der Waals surface area contributed by atoms with Gasteiger partial charge in [-0.1, -0.05) is 37.1 Å². The summed E-state index contributed by atoms with van der Waals surface area (Å²) < 4.78 is 11.6. The number of nitrogens with zero attached hydrogens (tertiary/aromatic N) is 1. The number of nitrogens with two attached hydrogens (primary N) is 1. The van der Waals surface area contributed by atoms with Gasteiger partial charge in [-0.2, -0.15) is 0 Å². The van der Waals surface area contributed by atoms with E-state index in [1.807, 2.05) is 6.20 Å². The number of hydrogen-bond donors (Lipinski definition) is 1. The number of aliphatic imine (C=N–C) groups is 1. The molecular weight excluding hydrogens is 336 g/mol. The molecule has 27 heavy (non-hydrogen) atoms. The van der Waals surface area contributed by atoms with Crippen molar-refractivity contribution in [3.8, 4) is 0 Å². The minimum Gasteiger partial charge on any atom is -0.492 e. The van der Waals surface area contributed by atoms with Crippen molar-refractivity contribution in [2.45, 2.75) is 51.5 Å². The molecule has 0 aromatic heterocycles. The Morgan fingerprint density at radius 3 is 3.07 bits per heavy atom. The first kappa shape index (κ1) is 19.8. The van der Waals surface area contributed by atoms with Crippen LogP contribution >= 0.6 is 0 Å². The molecule has 2 N–H and O–H groups in total. The summed E-state index contributed by atoms with van der Waals surface area (Å²) in [5.41, 5.74) is 9.15. The molecule has 4 heteroatoms. The van der Waals surface area contributed by atoms with Gasteiger partial charge in [-0.3, -0.25) is 4.99 Å². The Kier molecular flexibility index (Phi) is 8.12. The highest BCUT2D eigenvalue weighted by atomic mass is 16.5. The minimum absolute atomic E-state index is 0.553. The van der Waals surface area contributed by atoms with Crippen LogP contribution in [0.1, 0.15) is 56.1 Å². The predicted molar refractivity (Wildman–Crippen MR) is 111 cm³/mol. The summed E-state index contributed by atoms with van der Waals surface area (Å²) in [6, 6.07) is 8.34. The number of ether oxygens (including phenoxy) is 2. The van der Waals surface area contributed by atoms with Gasteiger partial charge in [0.1, 0.15) is 5.76 Å². The van der Waals surface area contributed by atoms with Gasteiger partial charge >= 0.3 is 0 Å². The predicted octanol–water partition coefficient (Wildman–Crippen LogP) is 4.74. The van der Waals surface area contributed by atoms with E-state index in [0.717, 1.165) is 68.1 Å². The van der Waals surface area contributed by atoms with Crippen molar-refractivity contribution in [2.24, 2.45) is 16.6 Å². The van der Waals surface area contributed by atoms with Crippen LogP contribution in [-0.4, -0.2) is 25.5 Å². The van der Waals surface area contributed by atoms with E-state index in [2.05, 4.69) is 36.4 Å². The molecule has 1 saturated heterocycles. The lowest BCUT2D eigenvalue weighted by atomic mass is 9.95. The summed E-state index contributed by atoms with van der Waals surface area (Å²) in [6.07, 6.45) is 14.0. The largest absolute Gasteiger partial charge is 0.492 e. The first-order chi connectivity index (χ1) is 13.3. The Bertz CT molecular complexity index is 671. The number of benzene rings is 1. The van der Waals surface area contributed by atoms with Gasteiger partial charge in [0.15, 0.2) is 0 Å². The SMILES string of the molecule is NCc1cccc(/C2=N/C=C(OCCC3CCCCOCC3)\C=C/CC2)c1. The molecule has 0 amide bonds. The fourth-order valence-electron chi connectivity index (χ4n) is 3.62. The molecule has 146 valence electrons. The normalized spacial score (nSPS) is 26.3. The number of hydrogen-bond acceptors (Lipinski definition) is 4. The van der Waals surface area contributed by atoms with Crippen LogP contribution in [0.3, 0.4) is 0 Å². The van der Waals surface area contributed by atoms with Gasteiger partial charge in [-0.15, -0.1) is 0 Å². The highest BCUT2D eigenvalue weighted by Gasteiger charge is 2.12. The third kappa shape index (κ3) is 6.64. The lowest BCUT2D eigenvalue weighted by molar-refractivity contribution is 0.0913. The van der Waals surface area contributed by atoms with Gasteiger partial charge in [0, 0.05) is 25.5 Å². The molecule has 2 aliphatic heterocycles. The van der Waals surface area contributed by atoms with Crippen LogP contribution in [0, 0.1) is 5.92 Å². The Balaban J connectivity index is 1.57. The summed E-state index contributed by atoms with van der Waals surface area (Å²) in [5, 5.41) is 0. The zero-order valence-electron chi connectivity index (χ0n) is 16.2. The molecule has 1 unspecified atom stereocenters. The van der Waals surface area contributed by atoms with Crippen molar-refractivity contribution < 1.29 is 9.47 Å². The van der Waals surface area contributed by atoms with E-state index < -0.39 is 0 Å². The van der Waals surface area contributed by atoms with Gasteiger partial charge < -0.3 is 15.2 Å². The van der Waals surface area contributed by atoms with Crippen molar-refractivity contribution in [3.63, 3.8) is 0 Å².